The lowest BCUT2D eigenvalue weighted by Crippen LogP contribution is -2.22. The third-order valence-electron chi connectivity index (χ3n) is 5.56. The van der Waals surface area contributed by atoms with Gasteiger partial charge in [0.2, 0.25) is 0 Å². The number of hydrogen-bond acceptors (Lipinski definition) is 5. The second kappa shape index (κ2) is 11.8. The molecule has 0 aliphatic rings. The zero-order chi connectivity index (χ0) is 27.2. The first-order valence-electron chi connectivity index (χ1n) is 12.0. The molecule has 0 unspecified atom stereocenters. The number of carbonyl (C=O) groups is 2. The highest BCUT2D eigenvalue weighted by Gasteiger charge is 2.15. The third kappa shape index (κ3) is 8.60. The maximum Gasteiger partial charge on any atom is 0.263 e. The number of pyridine rings is 1. The van der Waals surface area contributed by atoms with Gasteiger partial charge in [0.15, 0.2) is 13.2 Å². The molecule has 0 fully saturated rings. The Morgan fingerprint density at radius 2 is 1.19 bits per heavy atom. The van der Waals surface area contributed by atoms with Gasteiger partial charge in [-0.3, -0.25) is 9.59 Å². The zero-order valence-corrected chi connectivity index (χ0v) is 23.7. The summed E-state index contributed by atoms with van der Waals surface area (Å²) in [4.78, 5) is 28.9. The van der Waals surface area contributed by atoms with E-state index in [1.54, 1.807) is 6.07 Å². The van der Waals surface area contributed by atoms with Gasteiger partial charge >= 0.3 is 0 Å². The molecule has 0 saturated heterocycles. The number of rotatable bonds is 8. The van der Waals surface area contributed by atoms with Gasteiger partial charge in [-0.1, -0.05) is 65.8 Å². The summed E-state index contributed by atoms with van der Waals surface area (Å²) in [5, 5.41) is 5.44. The molecule has 0 aliphatic carbocycles. The highest BCUT2D eigenvalue weighted by Crippen LogP contribution is 2.26. The number of amides is 2. The van der Waals surface area contributed by atoms with E-state index < -0.39 is 0 Å². The zero-order valence-electron chi connectivity index (χ0n) is 22.1. The van der Waals surface area contributed by atoms with Crippen LogP contribution < -0.4 is 20.1 Å². The third-order valence-corrected chi connectivity index (χ3v) is 6.17. The van der Waals surface area contributed by atoms with Crippen LogP contribution in [-0.2, 0) is 20.4 Å². The molecular weight excluding hydrogens is 534 g/mol. The summed E-state index contributed by atoms with van der Waals surface area (Å²) in [5.74, 6) is 0.880. The van der Waals surface area contributed by atoms with Crippen molar-refractivity contribution in [2.75, 3.05) is 23.8 Å². The van der Waals surface area contributed by atoms with Gasteiger partial charge in [0.1, 0.15) is 17.3 Å². The first kappa shape index (κ1) is 28.2. The maximum absolute atomic E-state index is 12.3. The van der Waals surface area contributed by atoms with Gasteiger partial charge in [-0.15, -0.1) is 0 Å². The summed E-state index contributed by atoms with van der Waals surface area (Å²) in [6, 6.07) is 17.0. The van der Waals surface area contributed by atoms with E-state index in [1.807, 2.05) is 48.5 Å². The number of nitrogens with one attached hydrogen (secondary N) is 2. The molecule has 0 bridgehead atoms. The molecule has 2 N–H and O–H groups in total. The van der Waals surface area contributed by atoms with Gasteiger partial charge in [0.05, 0.1) is 16.4 Å². The first-order chi connectivity index (χ1) is 17.3. The Bertz CT molecular complexity index is 1230. The van der Waals surface area contributed by atoms with Crippen molar-refractivity contribution < 1.29 is 19.1 Å². The fourth-order valence-corrected chi connectivity index (χ4v) is 3.81. The van der Waals surface area contributed by atoms with E-state index >= 15 is 0 Å². The van der Waals surface area contributed by atoms with Gasteiger partial charge in [-0.2, -0.15) is 0 Å². The molecule has 2 aromatic carbocycles. The lowest BCUT2D eigenvalue weighted by atomic mass is 9.87. The molecule has 1 aromatic heterocycles. The highest BCUT2D eigenvalue weighted by atomic mass is 79.9. The molecule has 37 heavy (non-hydrogen) atoms. The Morgan fingerprint density at radius 3 is 1.59 bits per heavy atom. The van der Waals surface area contributed by atoms with Crippen LogP contribution in [0.3, 0.4) is 0 Å². The van der Waals surface area contributed by atoms with Crippen LogP contribution >= 0.6 is 15.9 Å². The SMILES string of the molecule is CC(C)(C)c1ccc(OCC(=O)Nc2cnc(NC(=O)COc3ccc(C(C)(C)C)cc3)c(Br)c2)cc1. The molecule has 196 valence electrons. The number of anilines is 2. The maximum atomic E-state index is 12.3. The van der Waals surface area contributed by atoms with E-state index in [9.17, 15) is 9.59 Å². The number of carbonyl (C=O) groups excluding carboxylic acids is 2. The molecule has 1 heterocycles. The Labute approximate surface area is 227 Å². The molecule has 0 aliphatic heterocycles. The monoisotopic (exact) mass is 567 g/mol. The van der Waals surface area contributed by atoms with Crippen LogP contribution in [-0.4, -0.2) is 30.0 Å². The normalized spacial score (nSPS) is 11.5. The Balaban J connectivity index is 1.47. The van der Waals surface area contributed by atoms with E-state index in [0.717, 1.165) is 0 Å². The lowest BCUT2D eigenvalue weighted by molar-refractivity contribution is -0.118. The van der Waals surface area contributed by atoms with E-state index in [4.69, 9.17) is 9.47 Å². The number of halogens is 1. The van der Waals surface area contributed by atoms with Gasteiger partial charge < -0.3 is 20.1 Å². The van der Waals surface area contributed by atoms with Gasteiger partial charge in [-0.05, 0) is 68.2 Å². The average Bonchev–Trinajstić information content (AvgIpc) is 2.82. The predicted molar refractivity (Wildman–Crippen MR) is 150 cm³/mol. The minimum Gasteiger partial charge on any atom is -0.484 e. The van der Waals surface area contributed by atoms with Crippen molar-refractivity contribution >= 4 is 39.2 Å². The minimum absolute atomic E-state index is 0.0465. The average molecular weight is 569 g/mol. The molecule has 8 heteroatoms. The fraction of sp³-hybridized carbons (Fsp3) is 0.345. The van der Waals surface area contributed by atoms with Crippen molar-refractivity contribution in [1.82, 2.24) is 4.98 Å². The van der Waals surface area contributed by atoms with Crippen LogP contribution in [0.25, 0.3) is 0 Å². The Morgan fingerprint density at radius 1 is 0.757 bits per heavy atom. The Kier molecular flexibility index (Phi) is 8.97. The van der Waals surface area contributed by atoms with Gasteiger partial charge in [-0.25, -0.2) is 4.98 Å². The topological polar surface area (TPSA) is 89.5 Å². The van der Waals surface area contributed by atoms with Crippen molar-refractivity contribution in [1.29, 1.82) is 0 Å². The molecular formula is C29H34BrN3O4. The van der Waals surface area contributed by atoms with Crippen molar-refractivity contribution in [2.24, 2.45) is 0 Å². The van der Waals surface area contributed by atoms with E-state index in [1.165, 1.54) is 17.3 Å². The standard InChI is InChI=1S/C29H34BrN3O4/c1-28(2,3)19-7-11-22(12-8-19)36-17-25(34)32-21-15-24(30)27(31-16-21)33-26(35)18-37-23-13-9-20(10-14-23)29(4,5)6/h7-16H,17-18H2,1-6H3,(H,32,34)(H,31,33,35). The predicted octanol–water partition coefficient (Wildman–Crippen LogP) is 6.47. The van der Waals surface area contributed by atoms with E-state index in [-0.39, 0.29) is 35.9 Å². The second-order valence-electron chi connectivity index (χ2n) is 10.8. The molecule has 2 amide bonds. The van der Waals surface area contributed by atoms with Crippen LogP contribution in [0.4, 0.5) is 11.5 Å². The lowest BCUT2D eigenvalue weighted by Gasteiger charge is -2.19. The van der Waals surface area contributed by atoms with Crippen molar-refractivity contribution in [3.05, 3.63) is 76.4 Å². The van der Waals surface area contributed by atoms with Crippen LogP contribution in [0.15, 0.2) is 65.3 Å². The number of nitrogens with zero attached hydrogens (tertiary/aromatic N) is 1. The Hall–Kier alpha value is -3.39. The summed E-state index contributed by atoms with van der Waals surface area (Å²) >= 11 is 3.39. The van der Waals surface area contributed by atoms with Crippen molar-refractivity contribution in [3.63, 3.8) is 0 Å². The highest BCUT2D eigenvalue weighted by molar-refractivity contribution is 9.10. The number of benzene rings is 2. The second-order valence-corrected chi connectivity index (χ2v) is 11.6. The van der Waals surface area contributed by atoms with Crippen molar-refractivity contribution in [2.45, 2.75) is 52.4 Å². The number of aromatic nitrogens is 1. The summed E-state index contributed by atoms with van der Waals surface area (Å²) in [6.45, 7) is 12.5. The smallest absolute Gasteiger partial charge is 0.263 e. The molecule has 3 aromatic rings. The summed E-state index contributed by atoms with van der Waals surface area (Å²) < 4.78 is 11.7. The van der Waals surface area contributed by atoms with Crippen LogP contribution in [0.2, 0.25) is 0 Å². The van der Waals surface area contributed by atoms with Crippen LogP contribution in [0, 0.1) is 0 Å². The molecule has 0 atom stereocenters. The molecule has 3 rings (SSSR count). The first-order valence-corrected chi connectivity index (χ1v) is 12.8. The fourth-order valence-electron chi connectivity index (χ4n) is 3.36. The number of ether oxygens (including phenoxy) is 2. The van der Waals surface area contributed by atoms with Crippen molar-refractivity contribution in [3.8, 4) is 11.5 Å². The largest absolute Gasteiger partial charge is 0.484 e. The molecule has 0 radical (unpaired) electrons. The quantitative estimate of drug-likeness (QED) is 0.325. The molecule has 7 nitrogen and oxygen atoms in total. The summed E-state index contributed by atoms with van der Waals surface area (Å²) in [6.07, 6.45) is 1.46. The molecule has 0 spiro atoms. The number of hydrogen-bond donors (Lipinski definition) is 2. The summed E-state index contributed by atoms with van der Waals surface area (Å²) in [7, 11) is 0. The van der Waals surface area contributed by atoms with E-state index in [0.29, 0.717) is 27.5 Å². The summed E-state index contributed by atoms with van der Waals surface area (Å²) in [5.41, 5.74) is 2.94. The molecule has 0 saturated carbocycles. The van der Waals surface area contributed by atoms with Gasteiger partial charge in [0, 0.05) is 0 Å². The van der Waals surface area contributed by atoms with Gasteiger partial charge in [0.25, 0.3) is 11.8 Å². The van der Waals surface area contributed by atoms with Crippen LogP contribution in [0.1, 0.15) is 52.7 Å². The van der Waals surface area contributed by atoms with E-state index in [2.05, 4.69) is 73.1 Å². The minimum atomic E-state index is -0.351. The van der Waals surface area contributed by atoms with Crippen LogP contribution in [0.5, 0.6) is 11.5 Å².